The number of hydrogen-bond donors (Lipinski definition) is 0. The lowest BCUT2D eigenvalue weighted by Crippen LogP contribution is -2.30. The van der Waals surface area contributed by atoms with Crippen LogP contribution in [-0.2, 0) is 0 Å². The number of rotatable bonds is 2. The van der Waals surface area contributed by atoms with Crippen molar-refractivity contribution >= 4 is 33.2 Å². The molecule has 1 aliphatic rings. The predicted molar refractivity (Wildman–Crippen MR) is 71.5 cm³/mol. The Morgan fingerprint density at radius 3 is 3.11 bits per heavy atom. The number of thiazole rings is 1. The van der Waals surface area contributed by atoms with Gasteiger partial charge in [0.2, 0.25) is 0 Å². The molecule has 0 bridgehead atoms. The summed E-state index contributed by atoms with van der Waals surface area (Å²) >= 11 is 4.81. The summed E-state index contributed by atoms with van der Waals surface area (Å²) in [6.07, 6.45) is 3.77. The summed E-state index contributed by atoms with van der Waals surface area (Å²) < 4.78 is 5.91. The summed E-state index contributed by atoms with van der Waals surface area (Å²) in [5, 5.41) is 2.95. The highest BCUT2D eigenvalue weighted by atomic mass is 79.9. The van der Waals surface area contributed by atoms with Crippen molar-refractivity contribution in [1.82, 2.24) is 9.88 Å². The van der Waals surface area contributed by atoms with Crippen LogP contribution in [0.25, 0.3) is 0 Å². The normalized spacial score (nSPS) is 19.4. The minimum absolute atomic E-state index is 0.0570. The van der Waals surface area contributed by atoms with Crippen molar-refractivity contribution in [2.24, 2.45) is 0 Å². The van der Waals surface area contributed by atoms with Gasteiger partial charge in [0, 0.05) is 18.1 Å². The Hall–Kier alpha value is -1.14. The van der Waals surface area contributed by atoms with Gasteiger partial charge in [0.25, 0.3) is 5.91 Å². The molecule has 2 aromatic rings. The van der Waals surface area contributed by atoms with Gasteiger partial charge in [-0.1, -0.05) is 0 Å². The third kappa shape index (κ3) is 2.10. The molecule has 0 spiro atoms. The van der Waals surface area contributed by atoms with Crippen LogP contribution in [-0.4, -0.2) is 22.3 Å². The quantitative estimate of drug-likeness (QED) is 0.848. The van der Waals surface area contributed by atoms with Gasteiger partial charge in [-0.3, -0.25) is 4.79 Å². The fourth-order valence-electron chi connectivity index (χ4n) is 2.24. The van der Waals surface area contributed by atoms with Gasteiger partial charge in [0.05, 0.1) is 6.04 Å². The lowest BCUT2D eigenvalue weighted by Gasteiger charge is -2.21. The molecule has 3 heterocycles. The van der Waals surface area contributed by atoms with Crippen LogP contribution in [0, 0.1) is 0 Å². The molecule has 1 atom stereocenters. The first-order chi connectivity index (χ1) is 8.75. The van der Waals surface area contributed by atoms with E-state index >= 15 is 0 Å². The smallest absolute Gasteiger partial charge is 0.290 e. The molecular formula is C12H11BrN2O2S. The number of amides is 1. The first-order valence-corrected chi connectivity index (χ1v) is 7.38. The fraction of sp³-hybridized carbons (Fsp3) is 0.333. The monoisotopic (exact) mass is 326 g/mol. The van der Waals surface area contributed by atoms with Crippen molar-refractivity contribution in [3.8, 4) is 0 Å². The van der Waals surface area contributed by atoms with E-state index < -0.39 is 0 Å². The lowest BCUT2D eigenvalue weighted by molar-refractivity contribution is 0.0701. The van der Waals surface area contributed by atoms with E-state index in [0.29, 0.717) is 10.4 Å². The Morgan fingerprint density at radius 1 is 1.56 bits per heavy atom. The summed E-state index contributed by atoms with van der Waals surface area (Å²) in [6.45, 7) is 0.765. The Balaban J connectivity index is 1.85. The van der Waals surface area contributed by atoms with Gasteiger partial charge in [-0.15, -0.1) is 11.3 Å². The number of carbonyl (C=O) groups is 1. The van der Waals surface area contributed by atoms with Gasteiger partial charge in [-0.2, -0.15) is 0 Å². The maximum absolute atomic E-state index is 12.4. The van der Waals surface area contributed by atoms with Crippen LogP contribution in [0.3, 0.4) is 0 Å². The van der Waals surface area contributed by atoms with E-state index in [0.717, 1.165) is 24.4 Å². The zero-order valence-corrected chi connectivity index (χ0v) is 11.9. The van der Waals surface area contributed by atoms with E-state index in [2.05, 4.69) is 20.9 Å². The van der Waals surface area contributed by atoms with Crippen LogP contribution in [0.15, 0.2) is 32.8 Å². The van der Waals surface area contributed by atoms with E-state index in [4.69, 9.17) is 4.42 Å². The molecule has 1 unspecified atom stereocenters. The average Bonchev–Trinajstić information content (AvgIpc) is 3.08. The molecule has 2 aromatic heterocycles. The van der Waals surface area contributed by atoms with E-state index in [1.54, 1.807) is 29.7 Å². The molecule has 0 saturated carbocycles. The number of furan rings is 1. The minimum atomic E-state index is -0.0570. The molecular weight excluding hydrogens is 316 g/mol. The van der Waals surface area contributed by atoms with E-state index in [1.165, 1.54) is 0 Å². The second-order valence-electron chi connectivity index (χ2n) is 4.13. The van der Waals surface area contributed by atoms with Crippen LogP contribution in [0.4, 0.5) is 0 Å². The molecule has 3 rings (SSSR count). The van der Waals surface area contributed by atoms with Crippen LogP contribution in [0.5, 0.6) is 0 Å². The van der Waals surface area contributed by atoms with Gasteiger partial charge >= 0.3 is 0 Å². The molecule has 0 aliphatic carbocycles. The summed E-state index contributed by atoms with van der Waals surface area (Å²) in [7, 11) is 0. The number of nitrogens with zero attached hydrogens (tertiary/aromatic N) is 2. The molecule has 0 N–H and O–H groups in total. The highest BCUT2D eigenvalue weighted by molar-refractivity contribution is 9.10. The zero-order valence-electron chi connectivity index (χ0n) is 9.51. The molecule has 0 radical (unpaired) electrons. The van der Waals surface area contributed by atoms with Crippen LogP contribution >= 0.6 is 27.3 Å². The van der Waals surface area contributed by atoms with E-state index in [-0.39, 0.29) is 11.9 Å². The first kappa shape index (κ1) is 11.9. The maximum Gasteiger partial charge on any atom is 0.290 e. The van der Waals surface area contributed by atoms with Crippen molar-refractivity contribution in [3.05, 3.63) is 39.1 Å². The molecule has 1 saturated heterocycles. The molecule has 4 nitrogen and oxygen atoms in total. The Morgan fingerprint density at radius 2 is 2.44 bits per heavy atom. The molecule has 6 heteroatoms. The highest BCUT2D eigenvalue weighted by Gasteiger charge is 2.33. The Labute approximate surface area is 117 Å². The SMILES string of the molecule is O=C(c1ccc(Br)o1)N1CCCC1c1nccs1. The van der Waals surface area contributed by atoms with Crippen molar-refractivity contribution in [3.63, 3.8) is 0 Å². The fourth-order valence-corrected chi connectivity index (χ4v) is 3.33. The molecule has 94 valence electrons. The zero-order chi connectivity index (χ0) is 12.5. The number of hydrogen-bond acceptors (Lipinski definition) is 4. The lowest BCUT2D eigenvalue weighted by atomic mass is 10.2. The van der Waals surface area contributed by atoms with Crippen molar-refractivity contribution in [2.45, 2.75) is 18.9 Å². The number of likely N-dealkylation sites (tertiary alicyclic amines) is 1. The Bertz CT molecular complexity index is 552. The summed E-state index contributed by atoms with van der Waals surface area (Å²) in [5.74, 6) is 0.323. The second kappa shape index (κ2) is 4.85. The number of carbonyl (C=O) groups excluding carboxylic acids is 1. The summed E-state index contributed by atoms with van der Waals surface area (Å²) in [6, 6.07) is 3.53. The van der Waals surface area contributed by atoms with Gasteiger partial charge in [-0.05, 0) is 40.9 Å². The summed E-state index contributed by atoms with van der Waals surface area (Å²) in [4.78, 5) is 18.5. The minimum Gasteiger partial charge on any atom is -0.444 e. The van der Waals surface area contributed by atoms with Gasteiger partial charge in [0.1, 0.15) is 5.01 Å². The molecule has 1 aliphatic heterocycles. The third-order valence-electron chi connectivity index (χ3n) is 3.03. The standard InChI is InChI=1S/C12H11BrN2O2S/c13-10-4-3-9(17-10)12(16)15-6-1-2-8(15)11-14-5-7-18-11/h3-5,7-8H,1-2,6H2. The first-order valence-electron chi connectivity index (χ1n) is 5.71. The van der Waals surface area contributed by atoms with E-state index in [1.807, 2.05) is 10.3 Å². The van der Waals surface area contributed by atoms with Crippen molar-refractivity contribution in [2.75, 3.05) is 6.54 Å². The van der Waals surface area contributed by atoms with Crippen molar-refractivity contribution < 1.29 is 9.21 Å². The average molecular weight is 327 g/mol. The summed E-state index contributed by atoms with van der Waals surface area (Å²) in [5.41, 5.74) is 0. The van der Waals surface area contributed by atoms with E-state index in [9.17, 15) is 4.79 Å². The van der Waals surface area contributed by atoms with Gasteiger partial charge in [-0.25, -0.2) is 4.98 Å². The van der Waals surface area contributed by atoms with Crippen LogP contribution in [0.1, 0.15) is 34.4 Å². The molecule has 1 amide bonds. The third-order valence-corrected chi connectivity index (χ3v) is 4.34. The van der Waals surface area contributed by atoms with Crippen LogP contribution < -0.4 is 0 Å². The molecule has 0 aromatic carbocycles. The van der Waals surface area contributed by atoms with Crippen molar-refractivity contribution in [1.29, 1.82) is 0 Å². The number of halogens is 1. The largest absolute Gasteiger partial charge is 0.444 e. The predicted octanol–water partition coefficient (Wildman–Crippen LogP) is 3.48. The van der Waals surface area contributed by atoms with Gasteiger partial charge < -0.3 is 9.32 Å². The van der Waals surface area contributed by atoms with Gasteiger partial charge in [0.15, 0.2) is 10.4 Å². The topological polar surface area (TPSA) is 46.3 Å². The second-order valence-corrected chi connectivity index (χ2v) is 5.84. The Kier molecular flexibility index (Phi) is 3.22. The maximum atomic E-state index is 12.4. The molecule has 18 heavy (non-hydrogen) atoms. The highest BCUT2D eigenvalue weighted by Crippen LogP contribution is 2.34. The van der Waals surface area contributed by atoms with Crippen LogP contribution in [0.2, 0.25) is 0 Å². The molecule has 1 fully saturated rings. The number of aromatic nitrogens is 1.